The molecule has 0 saturated heterocycles. The Morgan fingerprint density at radius 1 is 1.04 bits per heavy atom. The summed E-state index contributed by atoms with van der Waals surface area (Å²) in [5.74, 6) is -0.285. The average molecular weight is 351 g/mol. The molecule has 0 radical (unpaired) electrons. The highest BCUT2D eigenvalue weighted by Gasteiger charge is 2.22. The summed E-state index contributed by atoms with van der Waals surface area (Å²) in [6.45, 7) is 0.571. The third-order valence-corrected chi connectivity index (χ3v) is 4.88. The number of thiazole rings is 1. The van der Waals surface area contributed by atoms with Gasteiger partial charge >= 0.3 is 0 Å². The summed E-state index contributed by atoms with van der Waals surface area (Å²) in [6.07, 6.45) is 0.722. The van der Waals surface area contributed by atoms with Crippen LogP contribution in [0, 0.1) is 0 Å². The molecular weight excluding hydrogens is 330 g/mol. The fourth-order valence-electron chi connectivity index (χ4n) is 2.74. The highest BCUT2D eigenvalue weighted by molar-refractivity contribution is 7.13. The number of benzene rings is 2. The second kappa shape index (κ2) is 8.44. The first-order valence-electron chi connectivity index (χ1n) is 8.27. The van der Waals surface area contributed by atoms with Crippen molar-refractivity contribution in [3.63, 3.8) is 0 Å². The van der Waals surface area contributed by atoms with Crippen molar-refractivity contribution in [2.45, 2.75) is 12.3 Å². The maximum absolute atomic E-state index is 12.9. The first kappa shape index (κ1) is 17.2. The molecule has 1 aromatic heterocycles. The molecule has 0 unspecified atom stereocenters. The Hall–Kier alpha value is -2.66. The summed E-state index contributed by atoms with van der Waals surface area (Å²) in [4.78, 5) is 17.3. The number of nitrogens with one attached hydrogen (secondary N) is 2. The molecule has 0 aliphatic carbocycles. The van der Waals surface area contributed by atoms with Crippen molar-refractivity contribution in [2.75, 3.05) is 18.9 Å². The van der Waals surface area contributed by atoms with Crippen LogP contribution in [0.4, 0.5) is 5.13 Å². The van der Waals surface area contributed by atoms with Gasteiger partial charge in [0, 0.05) is 25.4 Å². The van der Waals surface area contributed by atoms with Crippen molar-refractivity contribution in [1.82, 2.24) is 10.3 Å². The van der Waals surface area contributed by atoms with E-state index in [9.17, 15) is 4.79 Å². The van der Waals surface area contributed by atoms with Crippen molar-refractivity contribution in [3.8, 4) is 0 Å². The maximum atomic E-state index is 12.9. The van der Waals surface area contributed by atoms with Gasteiger partial charge in [-0.25, -0.2) is 4.98 Å². The molecule has 0 atom stereocenters. The van der Waals surface area contributed by atoms with E-state index in [1.54, 1.807) is 11.3 Å². The monoisotopic (exact) mass is 351 g/mol. The van der Waals surface area contributed by atoms with Gasteiger partial charge in [0.15, 0.2) is 5.13 Å². The molecule has 3 rings (SSSR count). The highest BCUT2D eigenvalue weighted by atomic mass is 32.1. The third-order valence-electron chi connectivity index (χ3n) is 3.97. The summed E-state index contributed by atoms with van der Waals surface area (Å²) in [5.41, 5.74) is 2.99. The lowest BCUT2D eigenvalue weighted by atomic mass is 9.90. The predicted octanol–water partition coefficient (Wildman–Crippen LogP) is 3.68. The molecular formula is C20H21N3OS. The van der Waals surface area contributed by atoms with Crippen molar-refractivity contribution in [2.24, 2.45) is 0 Å². The number of rotatable bonds is 7. The van der Waals surface area contributed by atoms with Gasteiger partial charge in [-0.3, -0.25) is 4.79 Å². The summed E-state index contributed by atoms with van der Waals surface area (Å²) < 4.78 is 0. The Morgan fingerprint density at radius 2 is 1.64 bits per heavy atom. The number of hydrogen-bond acceptors (Lipinski definition) is 4. The summed E-state index contributed by atoms with van der Waals surface area (Å²) in [7, 11) is 1.86. The van der Waals surface area contributed by atoms with Gasteiger partial charge in [-0.05, 0) is 11.1 Å². The normalized spacial score (nSPS) is 10.6. The van der Waals surface area contributed by atoms with E-state index in [2.05, 4.69) is 15.6 Å². The number of carbonyl (C=O) groups excluding carboxylic acids is 1. The summed E-state index contributed by atoms with van der Waals surface area (Å²) >= 11 is 1.57. The standard InChI is InChI=1S/C20H21N3OS/c1-21-20-23-17(14-25-20)12-13-22-19(24)18(15-8-4-2-5-9-15)16-10-6-3-7-11-16/h2-11,14,18H,12-13H2,1H3,(H,21,23)(H,22,24). The van der Waals surface area contributed by atoms with E-state index in [-0.39, 0.29) is 11.8 Å². The van der Waals surface area contributed by atoms with Crippen LogP contribution in [-0.2, 0) is 11.2 Å². The molecule has 2 aromatic carbocycles. The lowest BCUT2D eigenvalue weighted by Crippen LogP contribution is -2.31. The van der Waals surface area contributed by atoms with Crippen LogP contribution in [0.2, 0.25) is 0 Å². The largest absolute Gasteiger partial charge is 0.365 e. The van der Waals surface area contributed by atoms with E-state index in [4.69, 9.17) is 0 Å². The second-order valence-corrected chi connectivity index (χ2v) is 6.55. The molecule has 3 aromatic rings. The number of amides is 1. The minimum Gasteiger partial charge on any atom is -0.365 e. The number of nitrogens with zero attached hydrogens (tertiary/aromatic N) is 1. The smallest absolute Gasteiger partial charge is 0.232 e. The van der Waals surface area contributed by atoms with E-state index >= 15 is 0 Å². The molecule has 0 saturated carbocycles. The Bertz CT molecular complexity index is 763. The molecule has 1 heterocycles. The van der Waals surface area contributed by atoms with Gasteiger partial charge in [0.05, 0.1) is 11.6 Å². The zero-order valence-electron chi connectivity index (χ0n) is 14.1. The Kier molecular flexibility index (Phi) is 5.80. The van der Waals surface area contributed by atoms with Gasteiger partial charge in [-0.15, -0.1) is 11.3 Å². The molecule has 0 aliphatic heterocycles. The van der Waals surface area contributed by atoms with Crippen molar-refractivity contribution >= 4 is 22.4 Å². The van der Waals surface area contributed by atoms with Crippen molar-refractivity contribution in [3.05, 3.63) is 82.9 Å². The first-order valence-corrected chi connectivity index (χ1v) is 9.15. The van der Waals surface area contributed by atoms with Crippen LogP contribution in [0.3, 0.4) is 0 Å². The van der Waals surface area contributed by atoms with Gasteiger partial charge in [0.25, 0.3) is 0 Å². The van der Waals surface area contributed by atoms with Gasteiger partial charge in [-0.1, -0.05) is 60.7 Å². The van der Waals surface area contributed by atoms with E-state index < -0.39 is 0 Å². The average Bonchev–Trinajstić information content (AvgIpc) is 3.12. The second-order valence-electron chi connectivity index (χ2n) is 5.69. The molecule has 1 amide bonds. The zero-order chi connectivity index (χ0) is 17.5. The number of aromatic nitrogens is 1. The molecule has 0 spiro atoms. The predicted molar refractivity (Wildman–Crippen MR) is 103 cm³/mol. The van der Waals surface area contributed by atoms with E-state index in [1.807, 2.05) is 73.1 Å². The molecule has 128 valence electrons. The topological polar surface area (TPSA) is 54.0 Å². The molecule has 4 nitrogen and oxygen atoms in total. The SMILES string of the molecule is CNc1nc(CCNC(=O)C(c2ccccc2)c2ccccc2)cs1. The summed E-state index contributed by atoms with van der Waals surface area (Å²) in [6, 6.07) is 19.8. The van der Waals surface area contributed by atoms with Gasteiger partial charge < -0.3 is 10.6 Å². The van der Waals surface area contributed by atoms with Crippen molar-refractivity contribution < 1.29 is 4.79 Å². The van der Waals surface area contributed by atoms with Crippen LogP contribution in [-0.4, -0.2) is 24.5 Å². The number of anilines is 1. The Morgan fingerprint density at radius 3 is 2.16 bits per heavy atom. The highest BCUT2D eigenvalue weighted by Crippen LogP contribution is 2.24. The van der Waals surface area contributed by atoms with Crippen LogP contribution >= 0.6 is 11.3 Å². The van der Waals surface area contributed by atoms with Gasteiger partial charge in [-0.2, -0.15) is 0 Å². The van der Waals surface area contributed by atoms with Gasteiger partial charge in [0.2, 0.25) is 5.91 Å². The molecule has 5 heteroatoms. The van der Waals surface area contributed by atoms with E-state index in [1.165, 1.54) is 0 Å². The van der Waals surface area contributed by atoms with Crippen LogP contribution in [0.15, 0.2) is 66.0 Å². The molecule has 0 aliphatic rings. The zero-order valence-corrected chi connectivity index (χ0v) is 14.9. The third kappa shape index (κ3) is 4.45. The van der Waals surface area contributed by atoms with Crippen LogP contribution in [0.1, 0.15) is 22.7 Å². The van der Waals surface area contributed by atoms with Crippen LogP contribution in [0.5, 0.6) is 0 Å². The minimum atomic E-state index is -0.300. The molecule has 0 fully saturated rings. The van der Waals surface area contributed by atoms with E-state index in [0.29, 0.717) is 6.54 Å². The first-order chi connectivity index (χ1) is 12.3. The fraction of sp³-hybridized carbons (Fsp3) is 0.200. The molecule has 25 heavy (non-hydrogen) atoms. The lowest BCUT2D eigenvalue weighted by Gasteiger charge is -2.17. The Labute approximate surface area is 151 Å². The van der Waals surface area contributed by atoms with Crippen molar-refractivity contribution in [1.29, 1.82) is 0 Å². The van der Waals surface area contributed by atoms with Crippen LogP contribution < -0.4 is 10.6 Å². The number of hydrogen-bond donors (Lipinski definition) is 2. The lowest BCUT2D eigenvalue weighted by molar-refractivity contribution is -0.121. The number of carbonyl (C=O) groups is 1. The van der Waals surface area contributed by atoms with Gasteiger partial charge in [0.1, 0.15) is 0 Å². The molecule has 0 bridgehead atoms. The Balaban J connectivity index is 1.69. The van der Waals surface area contributed by atoms with Crippen LogP contribution in [0.25, 0.3) is 0 Å². The molecule has 2 N–H and O–H groups in total. The van der Waals surface area contributed by atoms with E-state index in [0.717, 1.165) is 28.4 Å². The maximum Gasteiger partial charge on any atom is 0.232 e. The quantitative estimate of drug-likeness (QED) is 0.683. The summed E-state index contributed by atoms with van der Waals surface area (Å²) in [5, 5.41) is 9.00. The fourth-order valence-corrected chi connectivity index (χ4v) is 3.44. The minimum absolute atomic E-state index is 0.0152.